The van der Waals surface area contributed by atoms with E-state index in [0.29, 0.717) is 5.65 Å². The van der Waals surface area contributed by atoms with Crippen LogP contribution in [0.5, 0.6) is 5.75 Å². The van der Waals surface area contributed by atoms with E-state index in [1.54, 1.807) is 10.5 Å². The minimum atomic E-state index is -3.01. The average Bonchev–Trinajstić information content (AvgIpc) is 3.07. The molecule has 7 nitrogen and oxygen atoms in total. The van der Waals surface area contributed by atoms with Crippen molar-refractivity contribution in [1.82, 2.24) is 9.38 Å². The number of halogens is 3. The molecule has 1 aromatic carbocycles. The Morgan fingerprint density at radius 2 is 2.07 bits per heavy atom. The lowest BCUT2D eigenvalue weighted by atomic mass is 10.3. The van der Waals surface area contributed by atoms with Crippen LogP contribution in [0.15, 0.2) is 42.6 Å². The molecule has 1 N–H and O–H groups in total. The van der Waals surface area contributed by atoms with E-state index in [1.807, 2.05) is 19.1 Å². The van der Waals surface area contributed by atoms with Crippen LogP contribution in [0.1, 0.15) is 16.2 Å². The first-order chi connectivity index (χ1) is 13.3. The standard InChI is InChI=1S/C18H14ClF2N3O4/c1-10-3-2-4-15-23-13(8-24(10)15)17(26)27-9-16(25)22-11-5-6-14(12(19)7-11)28-18(20)21/h2-8,18H,9H2,1H3,(H,22,25). The first-order valence-corrected chi connectivity index (χ1v) is 8.37. The fourth-order valence-electron chi connectivity index (χ4n) is 2.42. The number of hydrogen-bond acceptors (Lipinski definition) is 5. The third-order valence-electron chi connectivity index (χ3n) is 3.67. The number of alkyl halides is 2. The van der Waals surface area contributed by atoms with Gasteiger partial charge in [0.2, 0.25) is 0 Å². The van der Waals surface area contributed by atoms with Crippen LogP contribution >= 0.6 is 11.6 Å². The van der Waals surface area contributed by atoms with Crippen molar-refractivity contribution in [2.45, 2.75) is 13.5 Å². The van der Waals surface area contributed by atoms with Crippen LogP contribution in [0.25, 0.3) is 5.65 Å². The van der Waals surface area contributed by atoms with Gasteiger partial charge in [-0.25, -0.2) is 9.78 Å². The zero-order valence-corrected chi connectivity index (χ0v) is 15.2. The summed E-state index contributed by atoms with van der Waals surface area (Å²) < 4.78 is 35.3. The van der Waals surface area contributed by atoms with Gasteiger partial charge in [-0.1, -0.05) is 17.7 Å². The number of carbonyl (C=O) groups is 2. The topological polar surface area (TPSA) is 81.9 Å². The SMILES string of the molecule is Cc1cccc2nc(C(=O)OCC(=O)Nc3ccc(OC(F)F)c(Cl)c3)cn12. The summed E-state index contributed by atoms with van der Waals surface area (Å²) >= 11 is 5.81. The van der Waals surface area contributed by atoms with E-state index in [0.717, 1.165) is 5.69 Å². The molecule has 0 aliphatic carbocycles. The molecular formula is C18H14ClF2N3O4. The van der Waals surface area contributed by atoms with Crippen molar-refractivity contribution in [2.75, 3.05) is 11.9 Å². The average molecular weight is 410 g/mol. The molecule has 0 saturated heterocycles. The fraction of sp³-hybridized carbons (Fsp3) is 0.167. The lowest BCUT2D eigenvalue weighted by molar-refractivity contribution is -0.119. The molecule has 0 saturated carbocycles. The monoisotopic (exact) mass is 409 g/mol. The van der Waals surface area contributed by atoms with Crippen LogP contribution < -0.4 is 10.1 Å². The predicted octanol–water partition coefficient (Wildman–Crippen LogP) is 3.69. The van der Waals surface area contributed by atoms with Crippen molar-refractivity contribution in [3.8, 4) is 5.75 Å². The maximum atomic E-state index is 12.2. The van der Waals surface area contributed by atoms with Gasteiger partial charge in [0.1, 0.15) is 11.4 Å². The van der Waals surface area contributed by atoms with Gasteiger partial charge >= 0.3 is 12.6 Å². The summed E-state index contributed by atoms with van der Waals surface area (Å²) in [5.74, 6) is -1.60. The first kappa shape index (κ1) is 19.6. The number of imidazole rings is 1. The number of esters is 1. The summed E-state index contributed by atoms with van der Waals surface area (Å²) in [6, 6.07) is 9.16. The van der Waals surface area contributed by atoms with Gasteiger partial charge in [-0.05, 0) is 37.3 Å². The molecule has 3 aromatic rings. The number of aromatic nitrogens is 2. The summed E-state index contributed by atoms with van der Waals surface area (Å²) in [6.07, 6.45) is 1.52. The van der Waals surface area contributed by atoms with E-state index in [-0.39, 0.29) is 22.2 Å². The Morgan fingerprint density at radius 1 is 1.29 bits per heavy atom. The van der Waals surface area contributed by atoms with Crippen LogP contribution in [0.3, 0.4) is 0 Å². The van der Waals surface area contributed by atoms with E-state index in [1.165, 1.54) is 24.4 Å². The largest absolute Gasteiger partial charge is 0.451 e. The summed E-state index contributed by atoms with van der Waals surface area (Å²) in [6.45, 7) is -1.71. The van der Waals surface area contributed by atoms with Crippen LogP contribution in [0.4, 0.5) is 14.5 Å². The van der Waals surface area contributed by atoms with Gasteiger partial charge in [-0.2, -0.15) is 8.78 Å². The van der Waals surface area contributed by atoms with Gasteiger partial charge in [0.25, 0.3) is 5.91 Å². The number of rotatable bonds is 6. The fourth-order valence-corrected chi connectivity index (χ4v) is 2.64. The van der Waals surface area contributed by atoms with Gasteiger partial charge < -0.3 is 19.2 Å². The minimum absolute atomic E-state index is 0.0682. The second-order valence-corrected chi connectivity index (χ2v) is 6.08. The first-order valence-electron chi connectivity index (χ1n) is 7.99. The van der Waals surface area contributed by atoms with Gasteiger partial charge in [0.15, 0.2) is 12.3 Å². The summed E-state index contributed by atoms with van der Waals surface area (Å²) in [7, 11) is 0. The van der Waals surface area contributed by atoms with Gasteiger partial charge in [0.05, 0.1) is 5.02 Å². The lowest BCUT2D eigenvalue weighted by Gasteiger charge is -2.09. The number of nitrogens with zero attached hydrogens (tertiary/aromatic N) is 2. The summed E-state index contributed by atoms with van der Waals surface area (Å²) in [4.78, 5) is 28.2. The van der Waals surface area contributed by atoms with Crippen molar-refractivity contribution >= 4 is 34.8 Å². The number of nitrogens with one attached hydrogen (secondary N) is 1. The number of fused-ring (bicyclic) bond motifs is 1. The molecule has 0 radical (unpaired) electrons. The van der Waals surface area contributed by atoms with Crippen LogP contribution in [-0.2, 0) is 9.53 Å². The molecule has 2 heterocycles. The van der Waals surface area contributed by atoms with E-state index >= 15 is 0 Å². The number of pyridine rings is 1. The number of carbonyl (C=O) groups excluding carboxylic acids is 2. The van der Waals surface area contributed by atoms with Gasteiger partial charge in [-0.15, -0.1) is 0 Å². The molecule has 0 unspecified atom stereocenters. The number of aryl methyl sites for hydroxylation is 1. The molecule has 0 aliphatic heterocycles. The Balaban J connectivity index is 1.58. The predicted molar refractivity (Wildman–Crippen MR) is 96.9 cm³/mol. The van der Waals surface area contributed by atoms with E-state index in [4.69, 9.17) is 16.3 Å². The Hall–Kier alpha value is -3.20. The Morgan fingerprint density at radius 3 is 2.75 bits per heavy atom. The number of anilines is 1. The highest BCUT2D eigenvalue weighted by atomic mass is 35.5. The Labute approximate surface area is 162 Å². The van der Waals surface area contributed by atoms with E-state index in [9.17, 15) is 18.4 Å². The molecule has 0 spiro atoms. The highest BCUT2D eigenvalue weighted by Gasteiger charge is 2.15. The minimum Gasteiger partial charge on any atom is -0.451 e. The maximum Gasteiger partial charge on any atom is 0.387 e. The maximum absolute atomic E-state index is 12.2. The molecule has 10 heteroatoms. The zero-order valence-electron chi connectivity index (χ0n) is 14.5. The number of benzene rings is 1. The molecule has 0 fully saturated rings. The van der Waals surface area contributed by atoms with Gasteiger partial charge in [-0.3, -0.25) is 4.79 Å². The molecular weight excluding hydrogens is 396 g/mol. The molecule has 1 amide bonds. The molecule has 146 valence electrons. The smallest absolute Gasteiger partial charge is 0.387 e. The Bertz CT molecular complexity index is 1040. The Kier molecular flexibility index (Phi) is 5.74. The van der Waals surface area contributed by atoms with E-state index in [2.05, 4.69) is 15.0 Å². The normalized spacial score (nSPS) is 10.9. The second kappa shape index (κ2) is 8.22. The molecule has 0 aliphatic rings. The van der Waals surface area contributed by atoms with Crippen molar-refractivity contribution in [2.24, 2.45) is 0 Å². The zero-order chi connectivity index (χ0) is 20.3. The third-order valence-corrected chi connectivity index (χ3v) is 3.97. The van der Waals surface area contributed by atoms with Crippen LogP contribution in [0, 0.1) is 6.92 Å². The van der Waals surface area contributed by atoms with Crippen molar-refractivity contribution in [3.63, 3.8) is 0 Å². The summed E-state index contributed by atoms with van der Waals surface area (Å²) in [5.41, 5.74) is 1.77. The van der Waals surface area contributed by atoms with Crippen LogP contribution in [-0.4, -0.2) is 34.5 Å². The quantitative estimate of drug-likeness (QED) is 0.628. The third kappa shape index (κ3) is 4.55. The van der Waals surface area contributed by atoms with E-state index < -0.39 is 25.1 Å². The number of hydrogen-bond donors (Lipinski definition) is 1. The van der Waals surface area contributed by atoms with Crippen molar-refractivity contribution in [3.05, 3.63) is 59.0 Å². The highest BCUT2D eigenvalue weighted by Crippen LogP contribution is 2.28. The second-order valence-electron chi connectivity index (χ2n) is 5.67. The lowest BCUT2D eigenvalue weighted by Crippen LogP contribution is -2.21. The summed E-state index contributed by atoms with van der Waals surface area (Å²) in [5, 5.41) is 2.33. The number of amides is 1. The van der Waals surface area contributed by atoms with Crippen molar-refractivity contribution < 1.29 is 27.8 Å². The molecule has 0 bridgehead atoms. The molecule has 0 atom stereocenters. The van der Waals surface area contributed by atoms with Crippen molar-refractivity contribution in [1.29, 1.82) is 0 Å². The molecule has 3 rings (SSSR count). The van der Waals surface area contributed by atoms with Crippen LogP contribution in [0.2, 0.25) is 5.02 Å². The molecule has 2 aromatic heterocycles. The molecule has 28 heavy (non-hydrogen) atoms. The number of ether oxygens (including phenoxy) is 2. The van der Waals surface area contributed by atoms with Gasteiger partial charge in [0, 0.05) is 17.6 Å². The highest BCUT2D eigenvalue weighted by molar-refractivity contribution is 6.32.